The average Bonchev–Trinajstić information content (AvgIpc) is 2.42. The van der Waals surface area contributed by atoms with Crippen molar-refractivity contribution < 1.29 is 4.42 Å². The van der Waals surface area contributed by atoms with Gasteiger partial charge in [-0.05, 0) is 31.0 Å². The van der Waals surface area contributed by atoms with Crippen LogP contribution in [0.4, 0.5) is 0 Å². The monoisotopic (exact) mass is 209 g/mol. The fraction of sp³-hybridized carbons (Fsp3) is 0.300. The van der Waals surface area contributed by atoms with Gasteiger partial charge in [0, 0.05) is 6.04 Å². The summed E-state index contributed by atoms with van der Waals surface area (Å²) >= 11 is 1.13. The van der Waals surface area contributed by atoms with Gasteiger partial charge >= 0.3 is 4.94 Å². The Labute approximate surface area is 85.2 Å². The Morgan fingerprint density at radius 3 is 3.07 bits per heavy atom. The van der Waals surface area contributed by atoms with Crippen LogP contribution in [-0.4, -0.2) is 6.04 Å². The van der Waals surface area contributed by atoms with E-state index in [9.17, 15) is 4.79 Å². The van der Waals surface area contributed by atoms with E-state index in [0.717, 1.165) is 28.0 Å². The lowest BCUT2D eigenvalue weighted by molar-refractivity contribution is 0.584. The minimum atomic E-state index is -0.252. The third-order valence-corrected chi connectivity index (χ3v) is 2.76. The normalized spacial score (nSPS) is 13.3. The van der Waals surface area contributed by atoms with Crippen molar-refractivity contribution in [2.45, 2.75) is 19.4 Å². The highest BCUT2D eigenvalue weighted by atomic mass is 32.1. The number of hydrogen-bond donors (Lipinski definition) is 1. The van der Waals surface area contributed by atoms with Crippen molar-refractivity contribution >= 4 is 21.6 Å². The molecule has 1 aromatic carbocycles. The van der Waals surface area contributed by atoms with Gasteiger partial charge in [-0.2, -0.15) is 0 Å². The summed E-state index contributed by atoms with van der Waals surface area (Å²) in [5, 5.41) is 0. The smallest absolute Gasteiger partial charge is 0.396 e. The van der Waals surface area contributed by atoms with E-state index < -0.39 is 0 Å². The molecule has 0 aliphatic heterocycles. The van der Waals surface area contributed by atoms with Crippen LogP contribution in [0.3, 0.4) is 0 Å². The molecule has 14 heavy (non-hydrogen) atoms. The molecule has 0 amide bonds. The van der Waals surface area contributed by atoms with Gasteiger partial charge in [0.15, 0.2) is 0 Å². The molecule has 0 saturated heterocycles. The van der Waals surface area contributed by atoms with Crippen molar-refractivity contribution in [2.75, 3.05) is 0 Å². The zero-order valence-electron chi connectivity index (χ0n) is 7.82. The molecule has 74 valence electrons. The molecule has 1 heterocycles. The first-order valence-corrected chi connectivity index (χ1v) is 5.25. The third kappa shape index (κ3) is 1.86. The third-order valence-electron chi connectivity index (χ3n) is 1.95. The van der Waals surface area contributed by atoms with E-state index in [4.69, 9.17) is 10.2 Å². The summed E-state index contributed by atoms with van der Waals surface area (Å²) in [6, 6.07) is 5.90. The molecular weight excluding hydrogens is 198 g/mol. The Morgan fingerprint density at radius 2 is 2.36 bits per heavy atom. The van der Waals surface area contributed by atoms with Crippen LogP contribution in [0.25, 0.3) is 10.3 Å². The lowest BCUT2D eigenvalue weighted by Crippen LogP contribution is -2.17. The number of fused-ring (bicyclic) bond motifs is 1. The Hall–Kier alpha value is -1.13. The van der Waals surface area contributed by atoms with Crippen LogP contribution in [0.2, 0.25) is 0 Å². The minimum Gasteiger partial charge on any atom is -0.414 e. The highest BCUT2D eigenvalue weighted by molar-refractivity contribution is 7.16. The van der Waals surface area contributed by atoms with E-state index in [0.29, 0.717) is 5.58 Å². The molecule has 2 N–H and O–H groups in total. The minimum absolute atomic E-state index is 0.123. The molecule has 0 radical (unpaired) electrons. The zero-order chi connectivity index (χ0) is 10.1. The first-order chi connectivity index (χ1) is 6.65. The van der Waals surface area contributed by atoms with Gasteiger partial charge in [-0.3, -0.25) is 0 Å². The molecule has 4 heteroatoms. The van der Waals surface area contributed by atoms with Crippen molar-refractivity contribution in [2.24, 2.45) is 5.73 Å². The Kier molecular flexibility index (Phi) is 2.39. The predicted octanol–water partition coefficient (Wildman–Crippen LogP) is 1.74. The van der Waals surface area contributed by atoms with Crippen LogP contribution in [0.15, 0.2) is 27.4 Å². The molecule has 0 aliphatic carbocycles. The van der Waals surface area contributed by atoms with Gasteiger partial charge in [0.1, 0.15) is 5.58 Å². The molecule has 1 aromatic heterocycles. The fourth-order valence-corrected chi connectivity index (χ4v) is 2.06. The Morgan fingerprint density at radius 1 is 1.57 bits per heavy atom. The Bertz CT molecular complexity index is 498. The number of rotatable bonds is 2. The molecule has 0 fully saturated rings. The molecule has 2 aromatic rings. The lowest BCUT2D eigenvalue weighted by atomic mass is 10.1. The number of benzene rings is 1. The standard InChI is InChI=1S/C10H11NO2S/c1-6(11)4-7-2-3-9-8(5-7)13-10(12)14-9/h2-3,5-6H,4,11H2,1H3. The van der Waals surface area contributed by atoms with E-state index >= 15 is 0 Å². The van der Waals surface area contributed by atoms with Crippen molar-refractivity contribution in [3.63, 3.8) is 0 Å². The summed E-state index contributed by atoms with van der Waals surface area (Å²) in [5.41, 5.74) is 7.45. The second-order valence-electron chi connectivity index (χ2n) is 3.42. The summed E-state index contributed by atoms with van der Waals surface area (Å²) in [7, 11) is 0. The highest BCUT2D eigenvalue weighted by Gasteiger charge is 2.04. The first-order valence-electron chi connectivity index (χ1n) is 4.43. The highest BCUT2D eigenvalue weighted by Crippen LogP contribution is 2.18. The van der Waals surface area contributed by atoms with E-state index in [1.54, 1.807) is 0 Å². The molecule has 0 aliphatic rings. The summed E-state index contributed by atoms with van der Waals surface area (Å²) in [5.74, 6) is 0. The van der Waals surface area contributed by atoms with Crippen LogP contribution >= 0.6 is 11.3 Å². The summed E-state index contributed by atoms with van der Waals surface area (Å²) in [4.78, 5) is 10.7. The molecule has 3 nitrogen and oxygen atoms in total. The molecule has 1 atom stereocenters. The lowest BCUT2D eigenvalue weighted by Gasteiger charge is -2.03. The topological polar surface area (TPSA) is 56.2 Å². The quantitative estimate of drug-likeness (QED) is 0.819. The van der Waals surface area contributed by atoms with E-state index in [2.05, 4.69) is 0 Å². The van der Waals surface area contributed by atoms with Gasteiger partial charge in [-0.1, -0.05) is 17.4 Å². The van der Waals surface area contributed by atoms with Crippen molar-refractivity contribution in [3.8, 4) is 0 Å². The second-order valence-corrected chi connectivity index (χ2v) is 4.39. The van der Waals surface area contributed by atoms with Crippen LogP contribution in [0, 0.1) is 0 Å². The van der Waals surface area contributed by atoms with Crippen LogP contribution in [0.1, 0.15) is 12.5 Å². The number of hydrogen-bond acceptors (Lipinski definition) is 4. The van der Waals surface area contributed by atoms with Gasteiger partial charge in [-0.25, -0.2) is 4.79 Å². The second kappa shape index (κ2) is 3.55. The van der Waals surface area contributed by atoms with E-state index in [-0.39, 0.29) is 11.0 Å². The van der Waals surface area contributed by atoms with Gasteiger partial charge < -0.3 is 10.2 Å². The summed E-state index contributed by atoms with van der Waals surface area (Å²) in [6.45, 7) is 1.95. The van der Waals surface area contributed by atoms with E-state index in [1.165, 1.54) is 0 Å². The van der Waals surface area contributed by atoms with Crippen molar-refractivity contribution in [3.05, 3.63) is 33.5 Å². The average molecular weight is 209 g/mol. The molecule has 1 unspecified atom stereocenters. The number of nitrogens with two attached hydrogens (primary N) is 1. The Balaban J connectivity index is 2.45. The van der Waals surface area contributed by atoms with Crippen molar-refractivity contribution in [1.29, 1.82) is 0 Å². The molecule has 0 spiro atoms. The van der Waals surface area contributed by atoms with Gasteiger partial charge in [0.2, 0.25) is 0 Å². The van der Waals surface area contributed by atoms with Crippen LogP contribution < -0.4 is 10.7 Å². The maximum atomic E-state index is 10.9. The first kappa shape index (κ1) is 9.43. The fourth-order valence-electron chi connectivity index (χ4n) is 1.42. The van der Waals surface area contributed by atoms with Crippen LogP contribution in [0.5, 0.6) is 0 Å². The zero-order valence-corrected chi connectivity index (χ0v) is 8.64. The largest absolute Gasteiger partial charge is 0.414 e. The molecule has 0 bridgehead atoms. The van der Waals surface area contributed by atoms with Gasteiger partial charge in [-0.15, -0.1) is 0 Å². The SMILES string of the molecule is CC(N)Cc1ccc2sc(=O)oc2c1. The molecule has 2 rings (SSSR count). The summed E-state index contributed by atoms with van der Waals surface area (Å²) in [6.07, 6.45) is 0.801. The predicted molar refractivity (Wildman–Crippen MR) is 57.7 cm³/mol. The summed E-state index contributed by atoms with van der Waals surface area (Å²) < 4.78 is 5.90. The van der Waals surface area contributed by atoms with Crippen molar-refractivity contribution in [1.82, 2.24) is 0 Å². The maximum Gasteiger partial charge on any atom is 0.396 e. The van der Waals surface area contributed by atoms with E-state index in [1.807, 2.05) is 25.1 Å². The maximum absolute atomic E-state index is 10.9. The molecule has 0 saturated carbocycles. The van der Waals surface area contributed by atoms with Crippen LogP contribution in [-0.2, 0) is 6.42 Å². The molecular formula is C10H11NO2S. The van der Waals surface area contributed by atoms with Gasteiger partial charge in [0.05, 0.1) is 4.70 Å². The van der Waals surface area contributed by atoms with Gasteiger partial charge in [0.25, 0.3) is 0 Å².